The van der Waals surface area contributed by atoms with Crippen molar-refractivity contribution in [2.75, 3.05) is 19.7 Å². The molecule has 1 saturated heterocycles. The molecule has 2 rings (SSSR count). The second-order valence-corrected chi connectivity index (χ2v) is 8.03. The minimum Gasteiger partial charge on any atom is -0.377 e. The molecule has 1 unspecified atom stereocenters. The fourth-order valence-corrected chi connectivity index (χ4v) is 4.55. The maximum Gasteiger partial charge on any atom is 0.241 e. The normalized spacial score (nSPS) is 19.8. The van der Waals surface area contributed by atoms with E-state index in [1.165, 1.54) is 11.3 Å². The van der Waals surface area contributed by atoms with Gasteiger partial charge in [0, 0.05) is 30.0 Å². The van der Waals surface area contributed by atoms with Crippen molar-refractivity contribution in [1.82, 2.24) is 10.0 Å². The molecule has 120 valence electrons. The van der Waals surface area contributed by atoms with Gasteiger partial charge in [-0.2, -0.15) is 0 Å². The third kappa shape index (κ3) is 5.34. The second kappa shape index (κ2) is 8.24. The quantitative estimate of drug-likeness (QED) is 0.716. The highest BCUT2D eigenvalue weighted by Gasteiger charge is 2.20. The van der Waals surface area contributed by atoms with Gasteiger partial charge in [0.25, 0.3) is 0 Å². The van der Waals surface area contributed by atoms with Crippen molar-refractivity contribution in [1.29, 1.82) is 0 Å². The number of ether oxygens (including phenoxy) is 1. The first-order valence-electron chi connectivity index (χ1n) is 7.51. The highest BCUT2D eigenvalue weighted by molar-refractivity contribution is 7.89. The lowest BCUT2D eigenvalue weighted by Crippen LogP contribution is -2.35. The van der Waals surface area contributed by atoms with E-state index in [0.717, 1.165) is 50.3 Å². The average molecular weight is 332 g/mol. The minimum atomic E-state index is -3.42. The molecule has 0 radical (unpaired) electrons. The zero-order valence-electron chi connectivity index (χ0n) is 12.4. The number of hydrogen-bond acceptors (Lipinski definition) is 5. The largest absolute Gasteiger partial charge is 0.377 e. The Bertz CT molecular complexity index is 522. The number of hydrogen-bond donors (Lipinski definition) is 2. The lowest BCUT2D eigenvalue weighted by Gasteiger charge is -2.22. The van der Waals surface area contributed by atoms with Gasteiger partial charge in [-0.05, 0) is 38.3 Å². The van der Waals surface area contributed by atoms with Gasteiger partial charge in [-0.3, -0.25) is 0 Å². The fraction of sp³-hybridized carbons (Fsp3) is 0.714. The summed E-state index contributed by atoms with van der Waals surface area (Å²) in [6.45, 7) is 4.87. The van der Waals surface area contributed by atoms with Crippen LogP contribution in [0.4, 0.5) is 0 Å². The molecule has 1 aromatic rings. The van der Waals surface area contributed by atoms with Gasteiger partial charge >= 0.3 is 0 Å². The highest BCUT2D eigenvalue weighted by atomic mass is 32.2. The molecular weight excluding hydrogens is 308 g/mol. The predicted molar refractivity (Wildman–Crippen MR) is 85.1 cm³/mol. The zero-order chi connectivity index (χ0) is 15.1. The van der Waals surface area contributed by atoms with Crippen LogP contribution in [-0.4, -0.2) is 34.2 Å². The monoisotopic (exact) mass is 332 g/mol. The Kier molecular flexibility index (Phi) is 6.63. The lowest BCUT2D eigenvalue weighted by atomic mass is 10.1. The fourth-order valence-electron chi connectivity index (χ4n) is 2.24. The summed E-state index contributed by atoms with van der Waals surface area (Å²) in [5, 5.41) is 4.98. The van der Waals surface area contributed by atoms with Crippen LogP contribution in [0.1, 0.15) is 37.5 Å². The van der Waals surface area contributed by atoms with Crippen LogP contribution in [0.5, 0.6) is 0 Å². The van der Waals surface area contributed by atoms with Crippen molar-refractivity contribution in [3.05, 3.63) is 16.3 Å². The first kappa shape index (κ1) is 16.9. The molecule has 7 heteroatoms. The summed E-state index contributed by atoms with van der Waals surface area (Å²) in [5.41, 5.74) is 0. The van der Waals surface area contributed by atoms with Crippen LogP contribution in [0.3, 0.4) is 0 Å². The standard InChI is InChI=1S/C14H24N2O3S2/c1-2-6-15-10-13-8-14(11-20-13)21(17,18)16-9-12-5-3-4-7-19-12/h8,11-12,15-16H,2-7,9-10H2,1H3. The lowest BCUT2D eigenvalue weighted by molar-refractivity contribution is 0.0200. The molecule has 1 aliphatic rings. The van der Waals surface area contributed by atoms with Crippen molar-refractivity contribution in [2.24, 2.45) is 0 Å². The van der Waals surface area contributed by atoms with Gasteiger partial charge in [0.1, 0.15) is 0 Å². The van der Waals surface area contributed by atoms with E-state index < -0.39 is 10.0 Å². The van der Waals surface area contributed by atoms with Crippen LogP contribution in [0.15, 0.2) is 16.3 Å². The van der Waals surface area contributed by atoms with E-state index in [0.29, 0.717) is 11.4 Å². The molecule has 0 saturated carbocycles. The number of rotatable bonds is 8. The van der Waals surface area contributed by atoms with Crippen LogP contribution in [-0.2, 0) is 21.3 Å². The third-order valence-corrected chi connectivity index (χ3v) is 5.93. The van der Waals surface area contributed by atoms with Crippen LogP contribution in [0.2, 0.25) is 0 Å². The maximum atomic E-state index is 12.2. The van der Waals surface area contributed by atoms with Crippen LogP contribution in [0.25, 0.3) is 0 Å². The van der Waals surface area contributed by atoms with Crippen molar-refractivity contribution in [2.45, 2.75) is 50.2 Å². The molecule has 1 aliphatic heterocycles. The number of sulfonamides is 1. The molecule has 0 spiro atoms. The summed E-state index contributed by atoms with van der Waals surface area (Å²) in [7, 11) is -3.42. The van der Waals surface area contributed by atoms with Crippen LogP contribution in [0, 0.1) is 0 Å². The molecule has 21 heavy (non-hydrogen) atoms. The molecular formula is C14H24N2O3S2. The van der Waals surface area contributed by atoms with Crippen molar-refractivity contribution < 1.29 is 13.2 Å². The van der Waals surface area contributed by atoms with Crippen molar-refractivity contribution in [3.63, 3.8) is 0 Å². The van der Waals surface area contributed by atoms with Crippen LogP contribution >= 0.6 is 11.3 Å². The van der Waals surface area contributed by atoms with Gasteiger partial charge in [-0.15, -0.1) is 11.3 Å². The Hall–Kier alpha value is -0.470. The Labute approximate surface area is 131 Å². The molecule has 1 atom stereocenters. The molecule has 1 fully saturated rings. The van der Waals surface area contributed by atoms with Gasteiger partial charge in [-0.1, -0.05) is 6.92 Å². The summed E-state index contributed by atoms with van der Waals surface area (Å²) in [6.07, 6.45) is 4.19. The summed E-state index contributed by atoms with van der Waals surface area (Å²) in [4.78, 5) is 1.40. The van der Waals surface area contributed by atoms with E-state index in [1.807, 2.05) is 0 Å². The molecule has 1 aromatic heterocycles. The average Bonchev–Trinajstić information content (AvgIpc) is 2.96. The SMILES string of the molecule is CCCNCc1cc(S(=O)(=O)NCC2CCCCO2)cs1. The summed E-state index contributed by atoms with van der Waals surface area (Å²) in [5.74, 6) is 0. The molecule has 0 aromatic carbocycles. The predicted octanol–water partition coefficient (Wildman–Crippen LogP) is 2.10. The number of thiophene rings is 1. The number of nitrogens with one attached hydrogen (secondary N) is 2. The zero-order valence-corrected chi connectivity index (χ0v) is 14.1. The summed E-state index contributed by atoms with van der Waals surface area (Å²) in [6, 6.07) is 1.75. The van der Waals surface area contributed by atoms with Gasteiger partial charge in [0.2, 0.25) is 10.0 Å². The molecule has 0 bridgehead atoms. The van der Waals surface area contributed by atoms with Crippen molar-refractivity contribution >= 4 is 21.4 Å². The smallest absolute Gasteiger partial charge is 0.241 e. The Balaban J connectivity index is 1.86. The molecule has 0 aliphatic carbocycles. The second-order valence-electron chi connectivity index (χ2n) is 5.27. The molecule has 2 heterocycles. The topological polar surface area (TPSA) is 67.4 Å². The molecule has 0 amide bonds. The van der Waals surface area contributed by atoms with E-state index in [2.05, 4.69) is 17.0 Å². The Morgan fingerprint density at radius 3 is 3.00 bits per heavy atom. The first-order valence-corrected chi connectivity index (χ1v) is 9.87. The third-order valence-electron chi connectivity index (χ3n) is 3.44. The van der Waals surface area contributed by atoms with Crippen molar-refractivity contribution in [3.8, 4) is 0 Å². The van der Waals surface area contributed by atoms with Gasteiger partial charge in [0.05, 0.1) is 11.0 Å². The minimum absolute atomic E-state index is 0.0119. The van der Waals surface area contributed by atoms with Gasteiger partial charge in [0.15, 0.2) is 0 Å². The van der Waals surface area contributed by atoms with E-state index in [-0.39, 0.29) is 6.10 Å². The van der Waals surface area contributed by atoms with Crippen LogP contribution < -0.4 is 10.0 Å². The van der Waals surface area contributed by atoms with E-state index in [4.69, 9.17) is 4.74 Å². The van der Waals surface area contributed by atoms with Gasteiger partial charge < -0.3 is 10.1 Å². The Morgan fingerprint density at radius 2 is 2.29 bits per heavy atom. The highest BCUT2D eigenvalue weighted by Crippen LogP contribution is 2.19. The van der Waals surface area contributed by atoms with E-state index in [1.54, 1.807) is 11.4 Å². The Morgan fingerprint density at radius 1 is 1.43 bits per heavy atom. The van der Waals surface area contributed by atoms with E-state index >= 15 is 0 Å². The summed E-state index contributed by atoms with van der Waals surface area (Å²) >= 11 is 1.48. The van der Waals surface area contributed by atoms with Gasteiger partial charge in [-0.25, -0.2) is 13.1 Å². The van der Waals surface area contributed by atoms with E-state index in [9.17, 15) is 8.42 Å². The molecule has 5 nitrogen and oxygen atoms in total. The maximum absolute atomic E-state index is 12.2. The molecule has 2 N–H and O–H groups in total. The summed E-state index contributed by atoms with van der Waals surface area (Å²) < 4.78 is 32.7. The first-order chi connectivity index (χ1) is 10.1.